The summed E-state index contributed by atoms with van der Waals surface area (Å²) in [5.41, 5.74) is 0.707. The lowest BCUT2D eigenvalue weighted by molar-refractivity contribution is -0.119. The van der Waals surface area contributed by atoms with E-state index >= 15 is 0 Å². The molecule has 1 aliphatic carbocycles. The number of sulfonamides is 1. The summed E-state index contributed by atoms with van der Waals surface area (Å²) in [5.74, 6) is 0.0982. The molecule has 2 aromatic rings. The van der Waals surface area contributed by atoms with Crippen molar-refractivity contribution < 1.29 is 13.2 Å². The van der Waals surface area contributed by atoms with Gasteiger partial charge in [-0.2, -0.15) is 4.31 Å². The fourth-order valence-corrected chi connectivity index (χ4v) is 6.15. The second kappa shape index (κ2) is 8.67. The lowest BCUT2D eigenvalue weighted by Gasteiger charge is -2.20. The van der Waals surface area contributed by atoms with E-state index in [0.717, 1.165) is 43.2 Å². The van der Waals surface area contributed by atoms with Gasteiger partial charge >= 0.3 is 0 Å². The van der Waals surface area contributed by atoms with Crippen LogP contribution in [-0.2, 0) is 14.8 Å². The number of rotatable bonds is 8. The molecule has 1 fully saturated rings. The average Bonchev–Trinajstić information content (AvgIpc) is 3.30. The van der Waals surface area contributed by atoms with Crippen molar-refractivity contribution in [2.45, 2.75) is 57.3 Å². The molecule has 3 rings (SSSR count). The number of aromatic nitrogens is 1. The Labute approximate surface area is 165 Å². The van der Waals surface area contributed by atoms with Gasteiger partial charge in [0.15, 0.2) is 5.13 Å². The highest BCUT2D eigenvalue weighted by molar-refractivity contribution is 7.89. The molecule has 8 heteroatoms. The van der Waals surface area contributed by atoms with E-state index in [-0.39, 0.29) is 16.7 Å². The summed E-state index contributed by atoms with van der Waals surface area (Å²) in [6, 6.07) is 5.00. The maximum atomic E-state index is 13.0. The minimum absolute atomic E-state index is 0.0245. The fourth-order valence-electron chi connectivity index (χ4n) is 3.51. The molecule has 1 N–H and O–H groups in total. The first-order chi connectivity index (χ1) is 13.0. The van der Waals surface area contributed by atoms with Gasteiger partial charge in [-0.25, -0.2) is 13.4 Å². The molecule has 0 unspecified atom stereocenters. The van der Waals surface area contributed by atoms with E-state index in [1.54, 1.807) is 18.2 Å². The van der Waals surface area contributed by atoms with E-state index in [2.05, 4.69) is 10.3 Å². The maximum Gasteiger partial charge on any atom is 0.243 e. The average molecular weight is 410 g/mol. The highest BCUT2D eigenvalue weighted by Gasteiger charge is 2.25. The van der Waals surface area contributed by atoms with Gasteiger partial charge in [0, 0.05) is 19.0 Å². The highest BCUT2D eigenvalue weighted by Crippen LogP contribution is 2.31. The summed E-state index contributed by atoms with van der Waals surface area (Å²) in [4.78, 5) is 17.0. The van der Waals surface area contributed by atoms with Crippen molar-refractivity contribution in [1.29, 1.82) is 0 Å². The molecule has 148 valence electrons. The van der Waals surface area contributed by atoms with Gasteiger partial charge in [-0.1, -0.05) is 38.0 Å². The number of thiazole rings is 1. The van der Waals surface area contributed by atoms with E-state index < -0.39 is 10.0 Å². The van der Waals surface area contributed by atoms with Crippen LogP contribution < -0.4 is 5.32 Å². The number of carbonyl (C=O) groups excluding carboxylic acids is 1. The highest BCUT2D eigenvalue weighted by atomic mass is 32.2. The SMILES string of the molecule is CCCN(CCC)S(=O)(=O)c1ccc2nc(NC(=O)C3CCCC3)sc2c1. The molecule has 0 aliphatic heterocycles. The van der Waals surface area contributed by atoms with Gasteiger partial charge in [0.1, 0.15) is 0 Å². The number of hydrogen-bond acceptors (Lipinski definition) is 5. The van der Waals surface area contributed by atoms with E-state index in [4.69, 9.17) is 0 Å². The third-order valence-corrected chi connectivity index (χ3v) is 7.73. The molecule has 1 aromatic heterocycles. The Morgan fingerprint density at radius 2 is 1.89 bits per heavy atom. The number of carbonyl (C=O) groups is 1. The molecule has 0 atom stereocenters. The quantitative estimate of drug-likeness (QED) is 0.707. The van der Waals surface area contributed by atoms with Crippen molar-refractivity contribution in [2.75, 3.05) is 18.4 Å². The van der Waals surface area contributed by atoms with Crippen LogP contribution in [0.5, 0.6) is 0 Å². The lowest BCUT2D eigenvalue weighted by atomic mass is 10.1. The molecule has 0 spiro atoms. The third kappa shape index (κ3) is 4.50. The second-order valence-electron chi connectivity index (χ2n) is 7.02. The van der Waals surface area contributed by atoms with Crippen LogP contribution in [0.3, 0.4) is 0 Å². The van der Waals surface area contributed by atoms with Crippen molar-refractivity contribution in [1.82, 2.24) is 9.29 Å². The summed E-state index contributed by atoms with van der Waals surface area (Å²) >= 11 is 1.33. The molecule has 6 nitrogen and oxygen atoms in total. The van der Waals surface area contributed by atoms with Gasteiger partial charge in [0.2, 0.25) is 15.9 Å². The van der Waals surface area contributed by atoms with Crippen molar-refractivity contribution in [2.24, 2.45) is 5.92 Å². The Bertz CT molecular complexity index is 896. The van der Waals surface area contributed by atoms with Crippen molar-refractivity contribution in [3.63, 3.8) is 0 Å². The standard InChI is InChI=1S/C19H27N3O3S2/c1-3-11-22(12-4-2)27(24,25)15-9-10-16-17(13-15)26-19(20-16)21-18(23)14-7-5-6-8-14/h9-10,13-14H,3-8,11-12H2,1-2H3,(H,20,21,23). The Morgan fingerprint density at radius 1 is 1.22 bits per heavy atom. The first kappa shape index (κ1) is 20.2. The summed E-state index contributed by atoms with van der Waals surface area (Å²) in [7, 11) is -3.52. The van der Waals surface area contributed by atoms with Crippen LogP contribution in [0, 0.1) is 5.92 Å². The molecule has 1 aromatic carbocycles. The van der Waals surface area contributed by atoms with Gasteiger partial charge in [-0.05, 0) is 43.9 Å². The van der Waals surface area contributed by atoms with Crippen molar-refractivity contribution in [3.05, 3.63) is 18.2 Å². The van der Waals surface area contributed by atoms with Crippen LogP contribution in [0.15, 0.2) is 23.1 Å². The molecule has 1 heterocycles. The Hall–Kier alpha value is -1.51. The zero-order valence-electron chi connectivity index (χ0n) is 15.9. The monoisotopic (exact) mass is 409 g/mol. The molecule has 1 amide bonds. The largest absolute Gasteiger partial charge is 0.302 e. The topological polar surface area (TPSA) is 79.4 Å². The fraction of sp³-hybridized carbons (Fsp3) is 0.579. The Balaban J connectivity index is 1.83. The number of hydrogen-bond donors (Lipinski definition) is 1. The van der Waals surface area contributed by atoms with Crippen LogP contribution in [-0.4, -0.2) is 36.7 Å². The summed E-state index contributed by atoms with van der Waals surface area (Å²) in [5, 5.41) is 3.44. The number of nitrogens with zero attached hydrogens (tertiary/aromatic N) is 2. The number of anilines is 1. The van der Waals surface area contributed by atoms with Gasteiger partial charge in [-0.3, -0.25) is 4.79 Å². The molecular formula is C19H27N3O3S2. The van der Waals surface area contributed by atoms with Gasteiger partial charge in [0.25, 0.3) is 0 Å². The van der Waals surface area contributed by atoms with Crippen LogP contribution in [0.4, 0.5) is 5.13 Å². The van der Waals surface area contributed by atoms with Gasteiger partial charge in [-0.15, -0.1) is 0 Å². The van der Waals surface area contributed by atoms with Crippen LogP contribution in [0.25, 0.3) is 10.2 Å². The predicted molar refractivity (Wildman–Crippen MR) is 110 cm³/mol. The third-order valence-electron chi connectivity index (χ3n) is 4.90. The number of fused-ring (bicyclic) bond motifs is 1. The minimum atomic E-state index is -3.52. The molecule has 27 heavy (non-hydrogen) atoms. The van der Waals surface area contributed by atoms with E-state index in [9.17, 15) is 13.2 Å². The predicted octanol–water partition coefficient (Wildman–Crippen LogP) is 4.24. The minimum Gasteiger partial charge on any atom is -0.302 e. The van der Waals surface area contributed by atoms with E-state index in [1.807, 2.05) is 13.8 Å². The number of amides is 1. The second-order valence-corrected chi connectivity index (χ2v) is 9.99. The van der Waals surface area contributed by atoms with E-state index in [0.29, 0.717) is 23.7 Å². The first-order valence-electron chi connectivity index (χ1n) is 9.67. The molecule has 0 saturated heterocycles. The van der Waals surface area contributed by atoms with Gasteiger partial charge < -0.3 is 5.32 Å². The first-order valence-corrected chi connectivity index (χ1v) is 11.9. The van der Waals surface area contributed by atoms with Crippen LogP contribution in [0.1, 0.15) is 52.4 Å². The Kier molecular flexibility index (Phi) is 6.49. The molecular weight excluding hydrogens is 382 g/mol. The number of nitrogens with one attached hydrogen (secondary N) is 1. The van der Waals surface area contributed by atoms with Crippen LogP contribution in [0.2, 0.25) is 0 Å². The normalized spacial score (nSPS) is 15.7. The van der Waals surface area contributed by atoms with Crippen LogP contribution >= 0.6 is 11.3 Å². The maximum absolute atomic E-state index is 13.0. The van der Waals surface area contributed by atoms with Gasteiger partial charge in [0.05, 0.1) is 15.1 Å². The Morgan fingerprint density at radius 3 is 2.52 bits per heavy atom. The summed E-state index contributed by atoms with van der Waals surface area (Å²) in [6.07, 6.45) is 5.63. The lowest BCUT2D eigenvalue weighted by Crippen LogP contribution is -2.32. The number of benzene rings is 1. The summed E-state index contributed by atoms with van der Waals surface area (Å²) in [6.45, 7) is 4.98. The molecule has 0 radical (unpaired) electrons. The zero-order chi connectivity index (χ0) is 19.4. The molecule has 0 bridgehead atoms. The summed E-state index contributed by atoms with van der Waals surface area (Å²) < 4.78 is 28.2. The van der Waals surface area contributed by atoms with E-state index in [1.165, 1.54) is 15.6 Å². The van der Waals surface area contributed by atoms with Crippen molar-refractivity contribution >= 4 is 42.6 Å². The molecule has 1 aliphatic rings. The zero-order valence-corrected chi connectivity index (χ0v) is 17.5. The smallest absolute Gasteiger partial charge is 0.243 e. The molecule has 1 saturated carbocycles. The van der Waals surface area contributed by atoms with Crippen molar-refractivity contribution in [3.8, 4) is 0 Å².